The Labute approximate surface area is 64.5 Å². The van der Waals surface area contributed by atoms with Gasteiger partial charge in [0.15, 0.2) is 0 Å². The third-order valence-corrected chi connectivity index (χ3v) is 1.78. The van der Waals surface area contributed by atoms with Gasteiger partial charge in [-0.3, -0.25) is 0 Å². The van der Waals surface area contributed by atoms with E-state index in [2.05, 4.69) is 4.74 Å². The normalized spacial score (nSPS) is 18.0. The fourth-order valence-corrected chi connectivity index (χ4v) is 0.935. The van der Waals surface area contributed by atoms with Crippen LogP contribution in [0.2, 0.25) is 0 Å². The van der Waals surface area contributed by atoms with Gasteiger partial charge >= 0.3 is 6.18 Å². The largest absolute Gasteiger partial charge is 0.394 e. The van der Waals surface area contributed by atoms with E-state index in [1.54, 1.807) is 6.92 Å². The van der Waals surface area contributed by atoms with Crippen molar-refractivity contribution in [2.24, 2.45) is 5.92 Å². The average molecular weight is 170 g/mol. The summed E-state index contributed by atoms with van der Waals surface area (Å²) in [5.74, 6) is -1.38. The molecule has 0 radical (unpaired) electrons. The summed E-state index contributed by atoms with van der Waals surface area (Å²) < 4.78 is 40.6. The number of rotatable bonds is 3. The van der Waals surface area contributed by atoms with Gasteiger partial charge in [-0.15, -0.1) is 0 Å². The number of ether oxygens (including phenoxy) is 1. The van der Waals surface area contributed by atoms with Gasteiger partial charge in [0.2, 0.25) is 0 Å². The van der Waals surface area contributed by atoms with Gasteiger partial charge in [-0.2, -0.15) is 13.2 Å². The van der Waals surface area contributed by atoms with Gasteiger partial charge in [0, 0.05) is 7.11 Å². The molecular formula is C7H13F3O. The lowest BCUT2D eigenvalue weighted by Crippen LogP contribution is -2.32. The van der Waals surface area contributed by atoms with Crippen LogP contribution in [-0.4, -0.2) is 19.4 Å². The van der Waals surface area contributed by atoms with E-state index >= 15 is 0 Å². The smallest absolute Gasteiger partial charge is 0.381 e. The fourth-order valence-electron chi connectivity index (χ4n) is 0.935. The van der Waals surface area contributed by atoms with Crippen LogP contribution in [0.3, 0.4) is 0 Å². The lowest BCUT2D eigenvalue weighted by molar-refractivity contribution is -0.198. The van der Waals surface area contributed by atoms with Crippen LogP contribution in [0.1, 0.15) is 20.3 Å². The maximum absolute atomic E-state index is 12.0. The molecule has 0 aliphatic rings. The molecule has 0 rings (SSSR count). The number of methoxy groups -OCH3 is 1. The molecule has 2 unspecified atom stereocenters. The Balaban J connectivity index is 4.09. The zero-order chi connectivity index (χ0) is 9.07. The van der Waals surface area contributed by atoms with E-state index in [4.69, 9.17) is 0 Å². The molecule has 0 N–H and O–H groups in total. The van der Waals surface area contributed by atoms with E-state index in [9.17, 15) is 13.2 Å². The Kier molecular flexibility index (Phi) is 3.86. The first kappa shape index (κ1) is 10.8. The highest BCUT2D eigenvalue weighted by Crippen LogP contribution is 2.30. The van der Waals surface area contributed by atoms with Crippen LogP contribution in [0.5, 0.6) is 0 Å². The maximum Gasteiger partial charge on any atom is 0.394 e. The van der Waals surface area contributed by atoms with Crippen molar-refractivity contribution < 1.29 is 17.9 Å². The van der Waals surface area contributed by atoms with Crippen molar-refractivity contribution >= 4 is 0 Å². The molecule has 1 nitrogen and oxygen atoms in total. The van der Waals surface area contributed by atoms with Gasteiger partial charge in [-0.1, -0.05) is 13.8 Å². The minimum absolute atomic E-state index is 0.386. The molecule has 0 fully saturated rings. The molecule has 11 heavy (non-hydrogen) atoms. The Morgan fingerprint density at radius 3 is 1.91 bits per heavy atom. The first-order chi connectivity index (χ1) is 4.93. The number of hydrogen-bond acceptors (Lipinski definition) is 1. The summed E-state index contributed by atoms with van der Waals surface area (Å²) in [5.41, 5.74) is 0. The minimum atomic E-state index is -4.14. The van der Waals surface area contributed by atoms with E-state index in [0.717, 1.165) is 6.92 Å². The summed E-state index contributed by atoms with van der Waals surface area (Å²) >= 11 is 0. The molecule has 0 aromatic heterocycles. The van der Waals surface area contributed by atoms with Gasteiger partial charge < -0.3 is 4.74 Å². The van der Waals surface area contributed by atoms with Crippen molar-refractivity contribution in [3.63, 3.8) is 0 Å². The summed E-state index contributed by atoms with van der Waals surface area (Å²) in [4.78, 5) is 0. The predicted octanol–water partition coefficient (Wildman–Crippen LogP) is 2.61. The number of alkyl halides is 3. The molecule has 0 spiro atoms. The Hall–Kier alpha value is -0.250. The summed E-state index contributed by atoms with van der Waals surface area (Å²) in [5, 5.41) is 0. The monoisotopic (exact) mass is 170 g/mol. The minimum Gasteiger partial charge on any atom is -0.381 e. The van der Waals surface area contributed by atoms with E-state index in [1.165, 1.54) is 7.11 Å². The average Bonchev–Trinajstić information content (AvgIpc) is 1.88. The maximum atomic E-state index is 12.0. The highest BCUT2D eigenvalue weighted by Gasteiger charge is 2.40. The SMILES string of the molecule is CCC(OC)C(C)C(F)(F)F. The van der Waals surface area contributed by atoms with Crippen molar-refractivity contribution in [3.05, 3.63) is 0 Å². The van der Waals surface area contributed by atoms with Gasteiger partial charge in [0.05, 0.1) is 12.0 Å². The molecule has 0 amide bonds. The van der Waals surface area contributed by atoms with Crippen LogP contribution in [0.4, 0.5) is 13.2 Å². The van der Waals surface area contributed by atoms with Gasteiger partial charge in [-0.05, 0) is 6.42 Å². The van der Waals surface area contributed by atoms with Crippen LogP contribution in [0.25, 0.3) is 0 Å². The lowest BCUT2D eigenvalue weighted by atomic mass is 10.0. The van der Waals surface area contributed by atoms with Crippen LogP contribution in [0, 0.1) is 5.92 Å². The van der Waals surface area contributed by atoms with Crippen molar-refractivity contribution in [2.75, 3.05) is 7.11 Å². The van der Waals surface area contributed by atoms with Crippen molar-refractivity contribution in [1.82, 2.24) is 0 Å². The zero-order valence-corrected chi connectivity index (χ0v) is 6.90. The molecule has 0 aliphatic carbocycles. The second-order valence-corrected chi connectivity index (χ2v) is 2.51. The van der Waals surface area contributed by atoms with E-state index in [1.807, 2.05) is 0 Å². The molecule has 0 saturated heterocycles. The van der Waals surface area contributed by atoms with E-state index in [-0.39, 0.29) is 0 Å². The quantitative estimate of drug-likeness (QED) is 0.632. The van der Waals surface area contributed by atoms with Gasteiger partial charge in [-0.25, -0.2) is 0 Å². The van der Waals surface area contributed by atoms with Crippen LogP contribution < -0.4 is 0 Å². The highest BCUT2D eigenvalue weighted by atomic mass is 19.4. The summed E-state index contributed by atoms with van der Waals surface area (Å²) in [6.07, 6.45) is -4.47. The standard InChI is InChI=1S/C7H13F3O/c1-4-6(11-3)5(2)7(8,9)10/h5-6H,4H2,1-3H3. The molecule has 0 bridgehead atoms. The van der Waals surface area contributed by atoms with E-state index < -0.39 is 18.2 Å². The highest BCUT2D eigenvalue weighted by molar-refractivity contribution is 4.71. The molecule has 0 heterocycles. The summed E-state index contributed by atoms with van der Waals surface area (Å²) in [6, 6.07) is 0. The summed E-state index contributed by atoms with van der Waals surface area (Å²) in [6.45, 7) is 2.81. The zero-order valence-electron chi connectivity index (χ0n) is 6.90. The molecule has 0 aliphatic heterocycles. The second-order valence-electron chi connectivity index (χ2n) is 2.51. The topological polar surface area (TPSA) is 9.23 Å². The van der Waals surface area contributed by atoms with Gasteiger partial charge in [0.1, 0.15) is 0 Å². The number of hydrogen-bond donors (Lipinski definition) is 0. The van der Waals surface area contributed by atoms with E-state index in [0.29, 0.717) is 6.42 Å². The van der Waals surface area contributed by atoms with Crippen LogP contribution in [0.15, 0.2) is 0 Å². The predicted molar refractivity (Wildman–Crippen MR) is 36.3 cm³/mol. The Morgan fingerprint density at radius 1 is 1.36 bits per heavy atom. The van der Waals surface area contributed by atoms with Crippen LogP contribution >= 0.6 is 0 Å². The van der Waals surface area contributed by atoms with Crippen molar-refractivity contribution in [2.45, 2.75) is 32.5 Å². The molecule has 4 heteroatoms. The van der Waals surface area contributed by atoms with Crippen molar-refractivity contribution in [1.29, 1.82) is 0 Å². The molecule has 0 saturated carbocycles. The number of halogens is 3. The third-order valence-electron chi connectivity index (χ3n) is 1.78. The van der Waals surface area contributed by atoms with Gasteiger partial charge in [0.25, 0.3) is 0 Å². The Bertz CT molecular complexity index is 107. The first-order valence-corrected chi connectivity index (χ1v) is 3.53. The first-order valence-electron chi connectivity index (χ1n) is 3.53. The molecule has 0 aromatic carbocycles. The molecule has 2 atom stereocenters. The van der Waals surface area contributed by atoms with Crippen molar-refractivity contribution in [3.8, 4) is 0 Å². The lowest BCUT2D eigenvalue weighted by Gasteiger charge is -2.23. The molecule has 68 valence electrons. The third kappa shape index (κ3) is 3.10. The Morgan fingerprint density at radius 2 is 1.82 bits per heavy atom. The molecular weight excluding hydrogens is 157 g/mol. The van der Waals surface area contributed by atoms with Crippen LogP contribution in [-0.2, 0) is 4.74 Å². The fraction of sp³-hybridized carbons (Fsp3) is 1.00. The molecule has 0 aromatic rings. The second kappa shape index (κ2) is 3.95. The summed E-state index contributed by atoms with van der Waals surface area (Å²) in [7, 11) is 1.30.